The molecule has 1 aromatic carbocycles. The van der Waals surface area contributed by atoms with Crippen molar-refractivity contribution in [3.63, 3.8) is 0 Å². The van der Waals surface area contributed by atoms with Crippen LogP contribution in [0.3, 0.4) is 0 Å². The van der Waals surface area contributed by atoms with E-state index in [0.29, 0.717) is 5.56 Å². The summed E-state index contributed by atoms with van der Waals surface area (Å²) in [6.45, 7) is 3.96. The molecule has 1 amide bonds. The third-order valence-corrected chi connectivity index (χ3v) is 5.02. The normalized spacial score (nSPS) is 12.0. The topological polar surface area (TPSA) is 59.8 Å². The molecule has 2 heterocycles. The molecular weight excluding hydrogens is 332 g/mol. The van der Waals surface area contributed by atoms with Gasteiger partial charge in [0.15, 0.2) is 0 Å². The van der Waals surface area contributed by atoms with Crippen LogP contribution >= 0.6 is 11.8 Å². The van der Waals surface area contributed by atoms with Crippen LogP contribution < -0.4 is 5.32 Å². The fourth-order valence-electron chi connectivity index (χ4n) is 2.50. The molecule has 0 aliphatic heterocycles. The fourth-order valence-corrected chi connectivity index (χ4v) is 3.27. The van der Waals surface area contributed by atoms with Gasteiger partial charge in [-0.25, -0.2) is 4.98 Å². The molecule has 0 aliphatic rings. The Balaban J connectivity index is 1.65. The van der Waals surface area contributed by atoms with Crippen molar-refractivity contribution in [3.8, 4) is 0 Å². The van der Waals surface area contributed by atoms with E-state index in [2.05, 4.69) is 15.4 Å². The first-order valence-electron chi connectivity index (χ1n) is 8.03. The Morgan fingerprint density at radius 3 is 2.56 bits per heavy atom. The molecule has 3 rings (SSSR count). The predicted molar refractivity (Wildman–Crippen MR) is 98.6 cm³/mol. The Hall–Kier alpha value is -2.60. The molecule has 1 unspecified atom stereocenters. The van der Waals surface area contributed by atoms with Crippen LogP contribution in [0.4, 0.5) is 0 Å². The quantitative estimate of drug-likeness (QED) is 0.759. The highest BCUT2D eigenvalue weighted by Crippen LogP contribution is 2.25. The second-order valence-corrected chi connectivity index (χ2v) is 6.89. The van der Waals surface area contributed by atoms with E-state index in [-0.39, 0.29) is 11.9 Å². The highest BCUT2D eigenvalue weighted by molar-refractivity contribution is 7.99. The maximum Gasteiger partial charge on any atom is 0.251 e. The zero-order chi connectivity index (χ0) is 17.8. The minimum atomic E-state index is -0.0937. The lowest BCUT2D eigenvalue weighted by Crippen LogP contribution is -2.26. The Bertz CT molecular complexity index is 859. The average Bonchev–Trinajstić information content (AvgIpc) is 2.95. The van der Waals surface area contributed by atoms with E-state index in [0.717, 1.165) is 21.2 Å². The summed E-state index contributed by atoms with van der Waals surface area (Å²) in [7, 11) is 1.89. The number of carbonyl (C=O) groups excluding carboxylic acids is 1. The van der Waals surface area contributed by atoms with Crippen LogP contribution in [0, 0.1) is 6.92 Å². The monoisotopic (exact) mass is 352 g/mol. The molecule has 6 heteroatoms. The van der Waals surface area contributed by atoms with E-state index in [1.54, 1.807) is 24.2 Å². The fraction of sp³-hybridized carbons (Fsp3) is 0.211. The molecule has 2 aromatic heterocycles. The average molecular weight is 352 g/mol. The van der Waals surface area contributed by atoms with Crippen LogP contribution in [0.2, 0.25) is 0 Å². The highest BCUT2D eigenvalue weighted by atomic mass is 32.2. The number of aromatic nitrogens is 3. The molecule has 25 heavy (non-hydrogen) atoms. The number of hydrogen-bond acceptors (Lipinski definition) is 4. The summed E-state index contributed by atoms with van der Waals surface area (Å²) in [5.74, 6) is -0.0925. The number of nitrogens with one attached hydrogen (secondary N) is 1. The molecule has 0 radical (unpaired) electrons. The number of nitrogens with zero attached hydrogens (tertiary/aromatic N) is 3. The molecule has 0 bridgehead atoms. The summed E-state index contributed by atoms with van der Waals surface area (Å²) in [6.07, 6.45) is 3.57. The lowest BCUT2D eigenvalue weighted by molar-refractivity contribution is 0.0939. The second-order valence-electron chi connectivity index (χ2n) is 5.80. The summed E-state index contributed by atoms with van der Waals surface area (Å²) in [4.78, 5) is 17.8. The van der Waals surface area contributed by atoms with Crippen molar-refractivity contribution in [2.45, 2.75) is 29.8 Å². The van der Waals surface area contributed by atoms with Crippen LogP contribution in [0.25, 0.3) is 0 Å². The van der Waals surface area contributed by atoms with Gasteiger partial charge in [-0.15, -0.1) is 0 Å². The van der Waals surface area contributed by atoms with E-state index in [1.165, 1.54) is 0 Å². The van der Waals surface area contributed by atoms with Crippen molar-refractivity contribution in [1.82, 2.24) is 20.1 Å². The minimum Gasteiger partial charge on any atom is -0.345 e. The van der Waals surface area contributed by atoms with Gasteiger partial charge in [-0.2, -0.15) is 5.10 Å². The largest absolute Gasteiger partial charge is 0.345 e. The second kappa shape index (κ2) is 7.53. The molecule has 0 spiro atoms. The zero-order valence-electron chi connectivity index (χ0n) is 14.4. The Labute approximate surface area is 151 Å². The molecule has 0 aliphatic carbocycles. The smallest absolute Gasteiger partial charge is 0.251 e. The van der Waals surface area contributed by atoms with Crippen molar-refractivity contribution in [2.24, 2.45) is 7.05 Å². The van der Waals surface area contributed by atoms with Gasteiger partial charge in [-0.05, 0) is 50.2 Å². The molecule has 3 aromatic rings. The van der Waals surface area contributed by atoms with Gasteiger partial charge >= 0.3 is 0 Å². The van der Waals surface area contributed by atoms with Crippen LogP contribution in [0.1, 0.15) is 34.6 Å². The summed E-state index contributed by atoms with van der Waals surface area (Å²) in [5, 5.41) is 8.18. The molecule has 5 nitrogen and oxygen atoms in total. The lowest BCUT2D eigenvalue weighted by atomic mass is 10.1. The van der Waals surface area contributed by atoms with E-state index < -0.39 is 0 Å². The molecule has 0 saturated carbocycles. The first-order chi connectivity index (χ1) is 12.0. The van der Waals surface area contributed by atoms with E-state index in [9.17, 15) is 4.79 Å². The van der Waals surface area contributed by atoms with Gasteiger partial charge in [0.2, 0.25) is 0 Å². The Morgan fingerprint density at radius 2 is 1.96 bits per heavy atom. The van der Waals surface area contributed by atoms with Gasteiger partial charge in [0, 0.05) is 35.0 Å². The molecule has 128 valence electrons. The number of rotatable bonds is 5. The SMILES string of the molecule is Cc1c(C(C)NC(=O)c2ccc(Sc3ccccn3)cc2)cnn1C. The maximum absolute atomic E-state index is 12.5. The summed E-state index contributed by atoms with van der Waals surface area (Å²) >= 11 is 1.57. The Morgan fingerprint density at radius 1 is 1.20 bits per heavy atom. The van der Waals surface area contributed by atoms with Gasteiger partial charge in [0.25, 0.3) is 5.91 Å². The van der Waals surface area contributed by atoms with Crippen LogP contribution in [-0.2, 0) is 7.05 Å². The van der Waals surface area contributed by atoms with Gasteiger partial charge in [-0.3, -0.25) is 9.48 Å². The van der Waals surface area contributed by atoms with Gasteiger partial charge in [-0.1, -0.05) is 17.8 Å². The number of amides is 1. The lowest BCUT2D eigenvalue weighted by Gasteiger charge is -2.14. The minimum absolute atomic E-state index is 0.0925. The first-order valence-corrected chi connectivity index (χ1v) is 8.84. The van der Waals surface area contributed by atoms with E-state index in [4.69, 9.17) is 0 Å². The number of benzene rings is 1. The van der Waals surface area contributed by atoms with Gasteiger partial charge < -0.3 is 5.32 Å². The number of pyridine rings is 1. The third kappa shape index (κ3) is 4.09. The van der Waals surface area contributed by atoms with E-state index in [1.807, 2.05) is 68.0 Å². The maximum atomic E-state index is 12.5. The van der Waals surface area contributed by atoms with Crippen molar-refractivity contribution in [1.29, 1.82) is 0 Å². The van der Waals surface area contributed by atoms with Crippen LogP contribution in [0.15, 0.2) is 64.8 Å². The molecule has 1 atom stereocenters. The molecular formula is C19H20N4OS. The van der Waals surface area contributed by atoms with Crippen molar-refractivity contribution in [2.75, 3.05) is 0 Å². The Kier molecular flexibility index (Phi) is 5.19. The summed E-state index contributed by atoms with van der Waals surface area (Å²) < 4.78 is 1.81. The highest BCUT2D eigenvalue weighted by Gasteiger charge is 2.15. The van der Waals surface area contributed by atoms with Crippen molar-refractivity contribution < 1.29 is 4.79 Å². The number of aryl methyl sites for hydroxylation is 1. The number of carbonyl (C=O) groups is 1. The molecule has 0 saturated heterocycles. The van der Waals surface area contributed by atoms with E-state index >= 15 is 0 Å². The van der Waals surface area contributed by atoms with Gasteiger partial charge in [0.1, 0.15) is 5.03 Å². The molecule has 1 N–H and O–H groups in total. The van der Waals surface area contributed by atoms with Crippen LogP contribution in [-0.4, -0.2) is 20.7 Å². The summed E-state index contributed by atoms with van der Waals surface area (Å²) in [6, 6.07) is 13.3. The molecule has 0 fully saturated rings. The summed E-state index contributed by atoms with van der Waals surface area (Å²) in [5.41, 5.74) is 2.71. The third-order valence-electron chi connectivity index (χ3n) is 4.06. The standard InChI is InChI=1S/C19H20N4OS/c1-13(17-12-21-23(3)14(17)2)22-19(24)15-7-9-16(10-8-15)25-18-6-4-5-11-20-18/h4-13H,1-3H3,(H,22,24). The predicted octanol–water partition coefficient (Wildman–Crippen LogP) is 3.77. The first kappa shape index (κ1) is 17.2. The van der Waals surface area contributed by atoms with Crippen molar-refractivity contribution in [3.05, 3.63) is 71.7 Å². The van der Waals surface area contributed by atoms with Gasteiger partial charge in [0.05, 0.1) is 12.2 Å². The van der Waals surface area contributed by atoms with Crippen LogP contribution in [0.5, 0.6) is 0 Å². The zero-order valence-corrected chi connectivity index (χ0v) is 15.2. The number of hydrogen-bond donors (Lipinski definition) is 1. The van der Waals surface area contributed by atoms with Crippen molar-refractivity contribution >= 4 is 17.7 Å².